The third kappa shape index (κ3) is 4.31. The van der Waals surface area contributed by atoms with Crippen LogP contribution in [0.5, 0.6) is 0 Å². The van der Waals surface area contributed by atoms with E-state index in [1.54, 1.807) is 13.0 Å². The molecule has 1 aromatic rings. The predicted octanol–water partition coefficient (Wildman–Crippen LogP) is 0.898. The maximum Gasteiger partial charge on any atom is 0.339 e. The number of pyridine rings is 1. The van der Waals surface area contributed by atoms with Gasteiger partial charge in [0, 0.05) is 25.5 Å². The number of methoxy groups -OCH3 is 1. The van der Waals surface area contributed by atoms with Crippen LogP contribution < -0.4 is 5.32 Å². The molecule has 0 radical (unpaired) electrons. The quantitative estimate of drug-likeness (QED) is 0.669. The van der Waals surface area contributed by atoms with E-state index in [1.807, 2.05) is 0 Å². The molecule has 1 aromatic heterocycles. The molecule has 0 aliphatic heterocycles. The van der Waals surface area contributed by atoms with Gasteiger partial charge in [0.1, 0.15) is 5.56 Å². The summed E-state index contributed by atoms with van der Waals surface area (Å²) in [4.78, 5) is 14.9. The van der Waals surface area contributed by atoms with Gasteiger partial charge in [0.25, 0.3) is 0 Å². The van der Waals surface area contributed by atoms with Crippen LogP contribution in [0, 0.1) is 6.92 Å². The molecule has 1 unspecified atom stereocenters. The van der Waals surface area contributed by atoms with E-state index in [9.17, 15) is 9.90 Å². The Morgan fingerprint density at radius 3 is 2.94 bits per heavy atom. The molecule has 6 nitrogen and oxygen atoms in total. The van der Waals surface area contributed by atoms with Gasteiger partial charge in [-0.05, 0) is 19.4 Å². The summed E-state index contributed by atoms with van der Waals surface area (Å²) in [7, 11) is 1.52. The molecular formula is C12H18N2O4. The molecule has 0 bridgehead atoms. The summed E-state index contributed by atoms with van der Waals surface area (Å²) in [6.07, 6.45) is 1.25. The van der Waals surface area contributed by atoms with Gasteiger partial charge in [-0.3, -0.25) is 4.98 Å². The second-order valence-electron chi connectivity index (χ2n) is 4.00. The minimum absolute atomic E-state index is 0.127. The highest BCUT2D eigenvalue weighted by Gasteiger charge is 2.11. The van der Waals surface area contributed by atoms with Crippen LogP contribution in [0.2, 0.25) is 0 Å². The molecule has 0 amide bonds. The van der Waals surface area contributed by atoms with E-state index in [4.69, 9.17) is 9.84 Å². The molecular weight excluding hydrogens is 236 g/mol. The molecule has 0 aliphatic rings. The van der Waals surface area contributed by atoms with Gasteiger partial charge >= 0.3 is 5.97 Å². The molecule has 1 rings (SSSR count). The molecule has 0 saturated carbocycles. The molecule has 6 heteroatoms. The van der Waals surface area contributed by atoms with E-state index in [1.165, 1.54) is 13.3 Å². The van der Waals surface area contributed by atoms with Crippen LogP contribution in [-0.4, -0.2) is 47.5 Å². The number of aromatic carboxylic acids is 1. The number of aliphatic hydroxyl groups is 1. The van der Waals surface area contributed by atoms with Crippen molar-refractivity contribution in [2.24, 2.45) is 0 Å². The number of rotatable bonds is 7. The second-order valence-corrected chi connectivity index (χ2v) is 4.00. The van der Waals surface area contributed by atoms with Gasteiger partial charge in [-0.25, -0.2) is 4.79 Å². The van der Waals surface area contributed by atoms with Gasteiger partial charge in [0.15, 0.2) is 0 Å². The molecule has 18 heavy (non-hydrogen) atoms. The van der Waals surface area contributed by atoms with Crippen LogP contribution >= 0.6 is 0 Å². The number of nitrogens with zero attached hydrogens (tertiary/aromatic N) is 1. The first-order valence-corrected chi connectivity index (χ1v) is 5.65. The standard InChI is InChI=1S/C12H18N2O4/c1-8-5-11(10(6-14-8)12(16)17)13-4-3-9(15)7-18-2/h5-6,9,15H,3-4,7H2,1-2H3,(H,13,14)(H,16,17). The van der Waals surface area contributed by atoms with Gasteiger partial charge in [-0.1, -0.05) is 0 Å². The Kier molecular flexibility index (Phi) is 5.54. The number of aryl methyl sites for hydroxylation is 1. The molecule has 0 fully saturated rings. The number of aliphatic hydroxyl groups excluding tert-OH is 1. The lowest BCUT2D eigenvalue weighted by molar-refractivity contribution is 0.0615. The minimum Gasteiger partial charge on any atom is -0.478 e. The summed E-state index contributed by atoms with van der Waals surface area (Å²) in [6.45, 7) is 2.52. The largest absolute Gasteiger partial charge is 0.478 e. The Hall–Kier alpha value is -1.66. The third-order valence-electron chi connectivity index (χ3n) is 2.42. The van der Waals surface area contributed by atoms with Crippen molar-refractivity contribution in [2.75, 3.05) is 25.6 Å². The van der Waals surface area contributed by atoms with E-state index in [-0.39, 0.29) is 12.2 Å². The maximum atomic E-state index is 11.0. The van der Waals surface area contributed by atoms with Crippen molar-refractivity contribution in [1.29, 1.82) is 0 Å². The van der Waals surface area contributed by atoms with Gasteiger partial charge in [0.2, 0.25) is 0 Å². The van der Waals surface area contributed by atoms with Crippen molar-refractivity contribution in [3.63, 3.8) is 0 Å². The average Bonchev–Trinajstić information content (AvgIpc) is 2.29. The highest BCUT2D eigenvalue weighted by molar-refractivity contribution is 5.93. The third-order valence-corrected chi connectivity index (χ3v) is 2.42. The summed E-state index contributed by atoms with van der Waals surface area (Å²) in [6, 6.07) is 1.67. The van der Waals surface area contributed by atoms with Gasteiger partial charge in [-0.2, -0.15) is 0 Å². The van der Waals surface area contributed by atoms with Crippen LogP contribution in [0.3, 0.4) is 0 Å². The number of carboxylic acid groups (broad SMARTS) is 1. The van der Waals surface area contributed by atoms with E-state index < -0.39 is 12.1 Å². The lowest BCUT2D eigenvalue weighted by Crippen LogP contribution is -2.19. The van der Waals surface area contributed by atoms with Crippen LogP contribution in [0.1, 0.15) is 22.5 Å². The van der Waals surface area contributed by atoms with E-state index in [0.29, 0.717) is 18.7 Å². The molecule has 0 aromatic carbocycles. The normalized spacial score (nSPS) is 12.2. The Balaban J connectivity index is 2.60. The van der Waals surface area contributed by atoms with Crippen molar-refractivity contribution in [1.82, 2.24) is 4.98 Å². The fourth-order valence-corrected chi connectivity index (χ4v) is 1.53. The topological polar surface area (TPSA) is 91.7 Å². The molecule has 0 spiro atoms. The number of anilines is 1. The van der Waals surface area contributed by atoms with Crippen molar-refractivity contribution in [3.8, 4) is 0 Å². The van der Waals surface area contributed by atoms with Crippen LogP contribution in [0.4, 0.5) is 5.69 Å². The van der Waals surface area contributed by atoms with Gasteiger partial charge < -0.3 is 20.3 Å². The van der Waals surface area contributed by atoms with E-state index in [2.05, 4.69) is 10.3 Å². The number of aromatic nitrogens is 1. The number of hydrogen-bond acceptors (Lipinski definition) is 5. The van der Waals surface area contributed by atoms with E-state index >= 15 is 0 Å². The minimum atomic E-state index is -1.03. The molecule has 0 saturated heterocycles. The highest BCUT2D eigenvalue weighted by Crippen LogP contribution is 2.15. The van der Waals surface area contributed by atoms with Crippen molar-refractivity contribution in [3.05, 3.63) is 23.5 Å². The Bertz CT molecular complexity index is 409. The number of nitrogens with one attached hydrogen (secondary N) is 1. The first-order valence-electron chi connectivity index (χ1n) is 5.65. The summed E-state index contributed by atoms with van der Waals surface area (Å²) in [5, 5.41) is 21.5. The second kappa shape index (κ2) is 6.93. The zero-order valence-electron chi connectivity index (χ0n) is 10.5. The predicted molar refractivity (Wildman–Crippen MR) is 66.9 cm³/mol. The molecule has 100 valence electrons. The Labute approximate surface area is 106 Å². The lowest BCUT2D eigenvalue weighted by atomic mass is 10.2. The summed E-state index contributed by atoms with van der Waals surface area (Å²) < 4.78 is 4.81. The molecule has 3 N–H and O–H groups in total. The van der Waals surface area contributed by atoms with Crippen molar-refractivity contribution in [2.45, 2.75) is 19.4 Å². The number of hydrogen-bond donors (Lipinski definition) is 3. The first kappa shape index (κ1) is 14.4. The van der Waals surface area contributed by atoms with Crippen LogP contribution in [0.25, 0.3) is 0 Å². The van der Waals surface area contributed by atoms with Crippen molar-refractivity contribution >= 4 is 11.7 Å². The fraction of sp³-hybridized carbons (Fsp3) is 0.500. The first-order chi connectivity index (χ1) is 8.54. The maximum absolute atomic E-state index is 11.0. The Morgan fingerprint density at radius 1 is 1.61 bits per heavy atom. The summed E-state index contributed by atoms with van der Waals surface area (Å²) >= 11 is 0. The monoisotopic (exact) mass is 254 g/mol. The SMILES string of the molecule is COCC(O)CCNc1cc(C)ncc1C(=O)O. The zero-order valence-corrected chi connectivity index (χ0v) is 10.5. The molecule has 1 atom stereocenters. The summed E-state index contributed by atoms with van der Waals surface area (Å²) in [5.41, 5.74) is 1.38. The highest BCUT2D eigenvalue weighted by atomic mass is 16.5. The number of carboxylic acids is 1. The fourth-order valence-electron chi connectivity index (χ4n) is 1.53. The number of ether oxygens (including phenoxy) is 1. The average molecular weight is 254 g/mol. The zero-order chi connectivity index (χ0) is 13.5. The van der Waals surface area contributed by atoms with Gasteiger partial charge in [-0.15, -0.1) is 0 Å². The number of carbonyl (C=O) groups is 1. The van der Waals surface area contributed by atoms with Crippen LogP contribution in [0.15, 0.2) is 12.3 Å². The lowest BCUT2D eigenvalue weighted by Gasteiger charge is -2.12. The van der Waals surface area contributed by atoms with Gasteiger partial charge in [0.05, 0.1) is 18.4 Å². The van der Waals surface area contributed by atoms with E-state index in [0.717, 1.165) is 5.69 Å². The Morgan fingerprint density at radius 2 is 2.33 bits per heavy atom. The van der Waals surface area contributed by atoms with Crippen molar-refractivity contribution < 1.29 is 19.7 Å². The molecule has 0 aliphatic carbocycles. The van der Waals surface area contributed by atoms with Crippen LogP contribution in [-0.2, 0) is 4.74 Å². The molecule has 1 heterocycles. The smallest absolute Gasteiger partial charge is 0.339 e. The summed E-state index contributed by atoms with van der Waals surface area (Å²) in [5.74, 6) is -1.03.